The van der Waals surface area contributed by atoms with Crippen molar-refractivity contribution in [3.05, 3.63) is 94.9 Å². The number of methoxy groups -OCH3 is 1. The maximum Gasteiger partial charge on any atom is 0.282 e. The maximum atomic E-state index is 13.7. The lowest BCUT2D eigenvalue weighted by Gasteiger charge is -2.19. The van der Waals surface area contributed by atoms with Gasteiger partial charge in [-0.2, -0.15) is 9.78 Å². The summed E-state index contributed by atoms with van der Waals surface area (Å²) in [5, 5.41) is 7.04. The summed E-state index contributed by atoms with van der Waals surface area (Å²) in [6.07, 6.45) is 3.82. The molecule has 6 rings (SSSR count). The number of ether oxygens (including phenoxy) is 1. The van der Waals surface area contributed by atoms with Crippen LogP contribution in [0.2, 0.25) is 0 Å². The third kappa shape index (κ3) is 4.16. The van der Waals surface area contributed by atoms with E-state index < -0.39 is 0 Å². The van der Waals surface area contributed by atoms with Crippen LogP contribution >= 0.6 is 0 Å². The van der Waals surface area contributed by atoms with E-state index >= 15 is 0 Å². The Morgan fingerprint density at radius 2 is 1.74 bits per heavy atom. The number of hydrogen-bond acceptors (Lipinski definition) is 5. The predicted octanol–water partition coefficient (Wildman–Crippen LogP) is 6.70. The van der Waals surface area contributed by atoms with Crippen molar-refractivity contribution in [3.8, 4) is 17.3 Å². The molecule has 3 aromatic heterocycles. The smallest absolute Gasteiger partial charge is 0.282 e. The molecule has 0 saturated heterocycles. The third-order valence-corrected chi connectivity index (χ3v) is 6.49. The fourth-order valence-corrected chi connectivity index (χ4v) is 4.85. The van der Waals surface area contributed by atoms with Crippen LogP contribution in [0.3, 0.4) is 0 Å². The second-order valence-electron chi connectivity index (χ2n) is 10.6. The molecule has 0 fully saturated rings. The Kier molecular flexibility index (Phi) is 5.64. The molecular weight excluding hydrogens is 476 g/mol. The van der Waals surface area contributed by atoms with Crippen LogP contribution < -0.4 is 10.3 Å². The van der Waals surface area contributed by atoms with E-state index in [4.69, 9.17) is 14.1 Å². The Morgan fingerprint density at radius 3 is 2.53 bits per heavy atom. The highest BCUT2D eigenvalue weighted by molar-refractivity contribution is 5.99. The van der Waals surface area contributed by atoms with Gasteiger partial charge in [-0.25, -0.2) is 4.98 Å². The van der Waals surface area contributed by atoms with Crippen LogP contribution in [0.4, 0.5) is 0 Å². The van der Waals surface area contributed by atoms with Gasteiger partial charge in [-0.05, 0) is 41.8 Å². The molecule has 0 bridgehead atoms. The van der Waals surface area contributed by atoms with Gasteiger partial charge in [-0.1, -0.05) is 57.2 Å². The predicted molar refractivity (Wildman–Crippen MR) is 152 cm³/mol. The molecule has 0 aliphatic heterocycles. The lowest BCUT2D eigenvalue weighted by atomic mass is 9.97. The summed E-state index contributed by atoms with van der Waals surface area (Å²) in [4.78, 5) is 18.5. The first-order valence-electron chi connectivity index (χ1n) is 12.5. The average molecular weight is 505 g/mol. The molecule has 0 N–H and O–H groups in total. The van der Waals surface area contributed by atoms with Gasteiger partial charge in [0.2, 0.25) is 5.82 Å². The van der Waals surface area contributed by atoms with Gasteiger partial charge in [-0.3, -0.25) is 4.79 Å². The number of furan rings is 1. The van der Waals surface area contributed by atoms with Crippen LogP contribution in [0.5, 0.6) is 5.75 Å². The van der Waals surface area contributed by atoms with E-state index in [2.05, 4.69) is 48.8 Å². The zero-order valence-corrected chi connectivity index (χ0v) is 21.8. The van der Waals surface area contributed by atoms with Gasteiger partial charge >= 0.3 is 0 Å². The van der Waals surface area contributed by atoms with Crippen molar-refractivity contribution in [2.24, 2.45) is 10.5 Å². The fourth-order valence-electron chi connectivity index (χ4n) is 4.85. The molecule has 7 heteroatoms. The fraction of sp³-hybridized carbons (Fsp3) is 0.194. The van der Waals surface area contributed by atoms with Gasteiger partial charge in [0.1, 0.15) is 11.3 Å². The Morgan fingerprint density at radius 1 is 0.974 bits per heavy atom. The Balaban J connectivity index is 1.55. The standard InChI is InChI=1S/C31H28N4O3/c1-31(2,3)19-34-18-20(21-10-6-8-13-25(21)34)17-32-35-29(33-24-12-7-5-11-22(24)30(35)36)28-16-23-26(37-4)14-9-15-27(23)38-28/h5-18H,19H2,1-4H3. The molecule has 0 atom stereocenters. The van der Waals surface area contributed by atoms with Crippen LogP contribution in [0.25, 0.3) is 44.4 Å². The molecule has 0 aliphatic carbocycles. The summed E-state index contributed by atoms with van der Waals surface area (Å²) in [6.45, 7) is 7.49. The van der Waals surface area contributed by atoms with Crippen molar-refractivity contribution in [2.45, 2.75) is 27.3 Å². The van der Waals surface area contributed by atoms with Crippen molar-refractivity contribution < 1.29 is 9.15 Å². The zero-order valence-electron chi connectivity index (χ0n) is 21.8. The normalized spacial score (nSPS) is 12.3. The van der Waals surface area contributed by atoms with E-state index in [1.165, 1.54) is 4.68 Å². The molecular formula is C31H28N4O3. The van der Waals surface area contributed by atoms with Crippen molar-refractivity contribution in [3.63, 3.8) is 0 Å². The van der Waals surface area contributed by atoms with Crippen molar-refractivity contribution >= 4 is 39.0 Å². The summed E-state index contributed by atoms with van der Waals surface area (Å²) in [5.74, 6) is 1.43. The van der Waals surface area contributed by atoms with Crippen molar-refractivity contribution in [2.75, 3.05) is 7.11 Å². The van der Waals surface area contributed by atoms with Crippen LogP contribution in [0, 0.1) is 5.41 Å². The lowest BCUT2D eigenvalue weighted by Crippen LogP contribution is -2.20. The first kappa shape index (κ1) is 23.7. The highest BCUT2D eigenvalue weighted by Gasteiger charge is 2.19. The van der Waals surface area contributed by atoms with Crippen LogP contribution in [-0.4, -0.2) is 27.6 Å². The van der Waals surface area contributed by atoms with Crippen molar-refractivity contribution in [1.82, 2.24) is 14.2 Å². The minimum absolute atomic E-state index is 0.102. The minimum Gasteiger partial charge on any atom is -0.496 e. The summed E-state index contributed by atoms with van der Waals surface area (Å²) in [7, 11) is 1.62. The number of nitrogens with zero attached hydrogens (tertiary/aromatic N) is 4. The Hall–Kier alpha value is -4.65. The van der Waals surface area contributed by atoms with E-state index in [1.807, 2.05) is 54.6 Å². The van der Waals surface area contributed by atoms with E-state index in [1.54, 1.807) is 19.4 Å². The molecule has 6 aromatic rings. The average Bonchev–Trinajstić information content (AvgIpc) is 3.49. The molecule has 190 valence electrons. The molecule has 0 saturated carbocycles. The number of aromatic nitrogens is 3. The molecule has 0 amide bonds. The molecule has 3 aromatic carbocycles. The maximum absolute atomic E-state index is 13.7. The third-order valence-electron chi connectivity index (χ3n) is 6.49. The molecule has 3 heterocycles. The van der Waals surface area contributed by atoms with Gasteiger partial charge in [0.05, 0.1) is 29.6 Å². The first-order chi connectivity index (χ1) is 18.3. The van der Waals surface area contributed by atoms with Gasteiger partial charge in [0.15, 0.2) is 5.76 Å². The second kappa shape index (κ2) is 9.03. The first-order valence-corrected chi connectivity index (χ1v) is 12.5. The van der Waals surface area contributed by atoms with E-state index in [0.29, 0.717) is 33.8 Å². The zero-order chi connectivity index (χ0) is 26.4. The van der Waals surface area contributed by atoms with Gasteiger partial charge in [-0.15, -0.1) is 0 Å². The molecule has 0 unspecified atom stereocenters. The Bertz CT molecular complexity index is 1900. The molecule has 0 aliphatic rings. The Labute approximate surface area is 219 Å². The number of fused-ring (bicyclic) bond motifs is 3. The number of hydrogen-bond donors (Lipinski definition) is 0. The van der Waals surface area contributed by atoms with Gasteiger partial charge in [0.25, 0.3) is 5.56 Å². The summed E-state index contributed by atoms with van der Waals surface area (Å²) in [6, 6.07) is 22.9. The van der Waals surface area contributed by atoms with E-state index in [9.17, 15) is 4.79 Å². The number of rotatable bonds is 5. The minimum atomic E-state index is -0.271. The topological polar surface area (TPSA) is 74.6 Å². The van der Waals surface area contributed by atoms with Crippen LogP contribution in [0.1, 0.15) is 26.3 Å². The highest BCUT2D eigenvalue weighted by atomic mass is 16.5. The number of benzene rings is 3. The second-order valence-corrected chi connectivity index (χ2v) is 10.6. The van der Waals surface area contributed by atoms with Gasteiger partial charge < -0.3 is 13.7 Å². The quantitative estimate of drug-likeness (QED) is 0.245. The summed E-state index contributed by atoms with van der Waals surface area (Å²) >= 11 is 0. The molecule has 0 spiro atoms. The summed E-state index contributed by atoms with van der Waals surface area (Å²) < 4.78 is 15.2. The summed E-state index contributed by atoms with van der Waals surface area (Å²) in [5.41, 5.74) is 3.09. The largest absolute Gasteiger partial charge is 0.496 e. The van der Waals surface area contributed by atoms with Gasteiger partial charge in [0, 0.05) is 29.2 Å². The molecule has 38 heavy (non-hydrogen) atoms. The molecule has 7 nitrogen and oxygen atoms in total. The van der Waals surface area contributed by atoms with Crippen LogP contribution in [0.15, 0.2) is 93.3 Å². The van der Waals surface area contributed by atoms with Crippen molar-refractivity contribution in [1.29, 1.82) is 0 Å². The monoisotopic (exact) mass is 504 g/mol. The van der Waals surface area contributed by atoms with E-state index in [-0.39, 0.29) is 11.0 Å². The SMILES string of the molecule is COc1cccc2oc(-c3nc4ccccc4c(=O)n3N=Cc3cn(CC(C)(C)C)c4ccccc34)cc12. The molecule has 0 radical (unpaired) electrons. The van der Waals surface area contributed by atoms with E-state index in [0.717, 1.165) is 28.4 Å². The van der Waals surface area contributed by atoms with Crippen LogP contribution in [-0.2, 0) is 6.54 Å². The highest BCUT2D eigenvalue weighted by Crippen LogP contribution is 2.33. The number of para-hydroxylation sites is 2. The lowest BCUT2D eigenvalue weighted by molar-refractivity contribution is 0.349.